The number of aryl methyl sites for hydroxylation is 1. The summed E-state index contributed by atoms with van der Waals surface area (Å²) in [7, 11) is 0. The minimum absolute atomic E-state index is 0.0130. The zero-order valence-electron chi connectivity index (χ0n) is 18.5. The molecule has 0 spiro atoms. The number of Topliss-reactive ketones (excluding diaryl/α,β-unsaturated/α-hetero) is 1. The van der Waals surface area contributed by atoms with Gasteiger partial charge in [-0.05, 0) is 62.4 Å². The van der Waals surface area contributed by atoms with Crippen LogP contribution in [0.3, 0.4) is 0 Å². The van der Waals surface area contributed by atoms with Crippen molar-refractivity contribution >= 4 is 40.7 Å². The van der Waals surface area contributed by atoms with Crippen LogP contribution in [-0.2, 0) is 13.2 Å². The Hall–Kier alpha value is -3.55. The molecule has 0 aliphatic heterocycles. The molecule has 0 bridgehead atoms. The van der Waals surface area contributed by atoms with E-state index in [1.54, 1.807) is 65.3 Å². The van der Waals surface area contributed by atoms with Crippen molar-refractivity contribution in [2.24, 2.45) is 0 Å². The number of hydrogen-bond donors (Lipinski definition) is 1. The summed E-state index contributed by atoms with van der Waals surface area (Å²) >= 11 is 12.5. The van der Waals surface area contributed by atoms with Gasteiger partial charge in [0, 0.05) is 32.9 Å². The molecule has 0 atom stereocenters. The van der Waals surface area contributed by atoms with Crippen LogP contribution in [0.2, 0.25) is 10.0 Å². The van der Waals surface area contributed by atoms with Crippen molar-refractivity contribution in [1.29, 1.82) is 0 Å². The summed E-state index contributed by atoms with van der Waals surface area (Å²) in [6.45, 7) is 3.89. The molecular weight excluding hydrogens is 477 g/mol. The highest BCUT2D eigenvalue weighted by molar-refractivity contribution is 6.36. The maximum absolute atomic E-state index is 12.6. The summed E-state index contributed by atoms with van der Waals surface area (Å²) in [5.74, 6) is 1.14. The predicted octanol–water partition coefficient (Wildman–Crippen LogP) is 6.17. The monoisotopic (exact) mass is 497 g/mol. The highest BCUT2D eigenvalue weighted by Gasteiger charge is 2.15. The van der Waals surface area contributed by atoms with Gasteiger partial charge in [0.15, 0.2) is 17.4 Å². The molecule has 0 fully saturated rings. The van der Waals surface area contributed by atoms with Crippen molar-refractivity contribution < 1.29 is 18.7 Å². The molecule has 2 aromatic heterocycles. The number of nitrogens with zero attached hydrogens (tertiary/aromatic N) is 2. The van der Waals surface area contributed by atoms with Crippen LogP contribution >= 0.6 is 23.2 Å². The Morgan fingerprint density at radius 2 is 1.76 bits per heavy atom. The van der Waals surface area contributed by atoms with Gasteiger partial charge in [0.1, 0.15) is 18.1 Å². The van der Waals surface area contributed by atoms with Gasteiger partial charge in [-0.3, -0.25) is 14.3 Å². The summed E-state index contributed by atoms with van der Waals surface area (Å²) < 4.78 is 13.0. The van der Waals surface area contributed by atoms with Crippen molar-refractivity contribution in [3.63, 3.8) is 0 Å². The Bertz CT molecular complexity index is 1320. The summed E-state index contributed by atoms with van der Waals surface area (Å²) in [6.07, 6.45) is 0. The number of benzene rings is 2. The molecule has 2 aromatic carbocycles. The number of aromatic nitrogens is 2. The lowest BCUT2D eigenvalue weighted by Gasteiger charge is -2.08. The van der Waals surface area contributed by atoms with E-state index in [0.29, 0.717) is 39.5 Å². The molecule has 4 rings (SSSR count). The van der Waals surface area contributed by atoms with Crippen LogP contribution in [0.5, 0.6) is 5.75 Å². The first-order chi connectivity index (χ1) is 16.3. The van der Waals surface area contributed by atoms with Gasteiger partial charge in [-0.2, -0.15) is 5.10 Å². The second kappa shape index (κ2) is 10.2. The van der Waals surface area contributed by atoms with Crippen molar-refractivity contribution in [3.8, 4) is 5.75 Å². The predicted molar refractivity (Wildman–Crippen MR) is 130 cm³/mol. The van der Waals surface area contributed by atoms with Crippen LogP contribution in [0.15, 0.2) is 65.1 Å². The van der Waals surface area contributed by atoms with E-state index in [4.69, 9.17) is 32.4 Å². The molecule has 2 heterocycles. The number of anilines is 1. The van der Waals surface area contributed by atoms with E-state index in [9.17, 15) is 9.59 Å². The van der Waals surface area contributed by atoms with Crippen LogP contribution in [-0.4, -0.2) is 21.5 Å². The molecule has 7 nitrogen and oxygen atoms in total. The number of ketones is 1. The Morgan fingerprint density at radius 1 is 1.06 bits per heavy atom. The van der Waals surface area contributed by atoms with E-state index >= 15 is 0 Å². The van der Waals surface area contributed by atoms with Crippen LogP contribution < -0.4 is 10.1 Å². The van der Waals surface area contributed by atoms with E-state index in [1.165, 1.54) is 6.92 Å². The lowest BCUT2D eigenvalue weighted by Crippen LogP contribution is -2.12. The summed E-state index contributed by atoms with van der Waals surface area (Å²) in [4.78, 5) is 24.0. The number of ether oxygens (including phenoxy) is 1. The fourth-order valence-electron chi connectivity index (χ4n) is 3.26. The van der Waals surface area contributed by atoms with Gasteiger partial charge in [-0.25, -0.2) is 0 Å². The SMILES string of the molecule is CC(=O)c1ccc(OCc2ccc(C(=O)Nc3cc(C)n(Cc4c(Cl)cccc4Cl)n3)o2)cc1. The second-order valence-corrected chi connectivity index (χ2v) is 8.43. The fourth-order valence-corrected chi connectivity index (χ4v) is 3.78. The summed E-state index contributed by atoms with van der Waals surface area (Å²) in [6, 6.07) is 17.1. The second-order valence-electron chi connectivity index (χ2n) is 7.62. The third-order valence-electron chi connectivity index (χ3n) is 5.12. The van der Waals surface area contributed by atoms with Crippen LogP contribution in [0.25, 0.3) is 0 Å². The van der Waals surface area contributed by atoms with Gasteiger partial charge in [0.25, 0.3) is 5.91 Å². The molecular formula is C25H21Cl2N3O4. The fraction of sp³-hybridized carbons (Fsp3) is 0.160. The Labute approximate surface area is 206 Å². The minimum Gasteiger partial charge on any atom is -0.486 e. The number of nitrogens with one attached hydrogen (secondary N) is 1. The van der Waals surface area contributed by atoms with E-state index < -0.39 is 5.91 Å². The topological polar surface area (TPSA) is 86.4 Å². The molecule has 174 valence electrons. The van der Waals surface area contributed by atoms with Gasteiger partial charge in [-0.15, -0.1) is 0 Å². The number of furan rings is 1. The smallest absolute Gasteiger partial charge is 0.292 e. The van der Waals surface area contributed by atoms with Crippen LogP contribution in [0.1, 0.15) is 44.9 Å². The molecule has 9 heteroatoms. The Morgan fingerprint density at radius 3 is 2.44 bits per heavy atom. The molecule has 0 unspecified atom stereocenters. The molecule has 34 heavy (non-hydrogen) atoms. The maximum Gasteiger partial charge on any atom is 0.292 e. The van der Waals surface area contributed by atoms with Crippen molar-refractivity contribution in [2.75, 3.05) is 5.32 Å². The quantitative estimate of drug-likeness (QED) is 0.294. The normalized spacial score (nSPS) is 10.8. The standard InChI is InChI=1S/C25H21Cl2N3O4/c1-15-12-24(29-30(15)13-20-21(26)4-3-5-22(20)27)28-25(32)23-11-10-19(34-23)14-33-18-8-6-17(7-9-18)16(2)31/h3-12H,13-14H2,1-2H3,(H,28,29,32). The van der Waals surface area contributed by atoms with E-state index in [-0.39, 0.29) is 18.2 Å². The van der Waals surface area contributed by atoms with E-state index in [0.717, 1.165) is 11.3 Å². The zero-order valence-corrected chi connectivity index (χ0v) is 20.0. The van der Waals surface area contributed by atoms with E-state index in [1.807, 2.05) is 6.92 Å². The summed E-state index contributed by atoms with van der Waals surface area (Å²) in [5.41, 5.74) is 2.19. The molecule has 0 saturated heterocycles. The number of carbonyl (C=O) groups excluding carboxylic acids is 2. The first-order valence-corrected chi connectivity index (χ1v) is 11.2. The largest absolute Gasteiger partial charge is 0.486 e. The third-order valence-corrected chi connectivity index (χ3v) is 5.83. The molecule has 4 aromatic rings. The Balaban J connectivity index is 1.37. The maximum atomic E-state index is 12.6. The summed E-state index contributed by atoms with van der Waals surface area (Å²) in [5, 5.41) is 8.27. The van der Waals surface area contributed by atoms with Gasteiger partial charge in [0.2, 0.25) is 0 Å². The number of amides is 1. The molecule has 0 saturated carbocycles. The highest BCUT2D eigenvalue weighted by atomic mass is 35.5. The molecule has 0 aliphatic carbocycles. The van der Waals surface area contributed by atoms with E-state index in [2.05, 4.69) is 10.4 Å². The van der Waals surface area contributed by atoms with Crippen molar-refractivity contribution in [2.45, 2.75) is 27.0 Å². The number of rotatable bonds is 8. The third kappa shape index (κ3) is 5.50. The molecule has 1 amide bonds. The van der Waals surface area contributed by atoms with Gasteiger partial charge < -0.3 is 14.5 Å². The van der Waals surface area contributed by atoms with Crippen molar-refractivity contribution in [1.82, 2.24) is 9.78 Å². The highest BCUT2D eigenvalue weighted by Crippen LogP contribution is 2.26. The van der Waals surface area contributed by atoms with Crippen molar-refractivity contribution in [3.05, 3.63) is 99.1 Å². The lowest BCUT2D eigenvalue weighted by molar-refractivity contribution is 0.0990. The first-order valence-electron chi connectivity index (χ1n) is 10.4. The van der Waals surface area contributed by atoms with Crippen LogP contribution in [0.4, 0.5) is 5.82 Å². The van der Waals surface area contributed by atoms with Gasteiger partial charge >= 0.3 is 0 Å². The molecule has 0 radical (unpaired) electrons. The molecule has 0 aliphatic rings. The number of hydrogen-bond acceptors (Lipinski definition) is 5. The Kier molecular flexibility index (Phi) is 7.05. The minimum atomic E-state index is -0.433. The molecule has 1 N–H and O–H groups in total. The van der Waals surface area contributed by atoms with Gasteiger partial charge in [-0.1, -0.05) is 29.3 Å². The van der Waals surface area contributed by atoms with Crippen LogP contribution in [0, 0.1) is 6.92 Å². The number of halogens is 2. The average Bonchev–Trinajstić information content (AvgIpc) is 3.41. The zero-order chi connectivity index (χ0) is 24.2. The average molecular weight is 498 g/mol. The first kappa shape index (κ1) is 23.6. The van der Waals surface area contributed by atoms with Gasteiger partial charge in [0.05, 0.1) is 6.54 Å². The number of carbonyl (C=O) groups is 2. The lowest BCUT2D eigenvalue weighted by atomic mass is 10.1.